The van der Waals surface area contributed by atoms with Crippen LogP contribution >= 0.6 is 12.4 Å². The molecule has 1 aliphatic rings. The van der Waals surface area contributed by atoms with Crippen LogP contribution in [0.2, 0.25) is 0 Å². The topological polar surface area (TPSA) is 55.6 Å². The lowest BCUT2D eigenvalue weighted by Crippen LogP contribution is -2.46. The van der Waals surface area contributed by atoms with E-state index in [0.29, 0.717) is 13.2 Å². The summed E-state index contributed by atoms with van der Waals surface area (Å²) >= 11 is 0. The maximum Gasteiger partial charge on any atom is 0.227 e. The monoisotopic (exact) mass is 312 g/mol. The van der Waals surface area contributed by atoms with Gasteiger partial charge >= 0.3 is 0 Å². The Morgan fingerprint density at radius 2 is 2.14 bits per heavy atom. The number of ether oxygens (including phenoxy) is 1. The van der Waals surface area contributed by atoms with Crippen molar-refractivity contribution in [2.75, 3.05) is 26.3 Å². The van der Waals surface area contributed by atoms with Gasteiger partial charge in [-0.3, -0.25) is 4.79 Å². The van der Waals surface area contributed by atoms with Crippen LogP contribution in [0.5, 0.6) is 0 Å². The first-order valence-corrected chi connectivity index (χ1v) is 7.34. The lowest BCUT2D eigenvalue weighted by atomic mass is 10.1. The second-order valence-electron chi connectivity index (χ2n) is 5.42. The first-order chi connectivity index (χ1) is 9.72. The number of carbonyl (C=O) groups excluding carboxylic acids is 1. The zero-order valence-electron chi connectivity index (χ0n) is 12.5. The van der Waals surface area contributed by atoms with Gasteiger partial charge in [-0.15, -0.1) is 12.4 Å². The molecule has 2 N–H and O–H groups in total. The molecule has 118 valence electrons. The molecule has 0 aliphatic carbocycles. The van der Waals surface area contributed by atoms with Crippen LogP contribution < -0.4 is 5.73 Å². The minimum Gasteiger partial charge on any atom is -0.379 e. The minimum absolute atomic E-state index is 0. The number of halogens is 1. The van der Waals surface area contributed by atoms with E-state index in [1.807, 2.05) is 30.0 Å². The van der Waals surface area contributed by atoms with Crippen molar-refractivity contribution >= 4 is 18.3 Å². The van der Waals surface area contributed by atoms with Gasteiger partial charge in [0.15, 0.2) is 0 Å². The quantitative estimate of drug-likeness (QED) is 0.872. The Balaban J connectivity index is 0.00000220. The van der Waals surface area contributed by atoms with Crippen LogP contribution in [0.4, 0.5) is 0 Å². The molecule has 4 nitrogen and oxygen atoms in total. The van der Waals surface area contributed by atoms with E-state index in [1.54, 1.807) is 0 Å². The van der Waals surface area contributed by atoms with Crippen molar-refractivity contribution in [3.63, 3.8) is 0 Å². The summed E-state index contributed by atoms with van der Waals surface area (Å²) in [4.78, 5) is 14.4. The lowest BCUT2D eigenvalue weighted by Gasteiger charge is -2.30. The molecule has 21 heavy (non-hydrogen) atoms. The molecule has 5 heteroatoms. The minimum atomic E-state index is -0.119. The third-order valence-electron chi connectivity index (χ3n) is 3.89. The van der Waals surface area contributed by atoms with Gasteiger partial charge in [-0.05, 0) is 18.4 Å². The highest BCUT2D eigenvalue weighted by Gasteiger charge is 2.29. The predicted molar refractivity (Wildman–Crippen MR) is 86.5 cm³/mol. The number of nitrogens with two attached hydrogens (primary N) is 1. The molecule has 1 aromatic carbocycles. The Kier molecular flexibility index (Phi) is 7.72. The molecule has 1 amide bonds. The predicted octanol–water partition coefficient (Wildman–Crippen LogP) is 1.86. The number of hydrogen-bond acceptors (Lipinski definition) is 3. The van der Waals surface area contributed by atoms with E-state index >= 15 is 0 Å². The number of benzene rings is 1. The maximum atomic E-state index is 12.5. The largest absolute Gasteiger partial charge is 0.379 e. The van der Waals surface area contributed by atoms with E-state index < -0.39 is 0 Å². The summed E-state index contributed by atoms with van der Waals surface area (Å²) in [6.07, 6.45) is 1.80. The molecule has 0 bridgehead atoms. The summed E-state index contributed by atoms with van der Waals surface area (Å²) in [5.74, 6) is 0.0327. The van der Waals surface area contributed by atoms with Crippen LogP contribution in [0.15, 0.2) is 30.3 Å². The Morgan fingerprint density at radius 3 is 2.71 bits per heavy atom. The van der Waals surface area contributed by atoms with Gasteiger partial charge in [0.25, 0.3) is 0 Å². The van der Waals surface area contributed by atoms with Crippen LogP contribution in [-0.4, -0.2) is 43.2 Å². The van der Waals surface area contributed by atoms with Gasteiger partial charge < -0.3 is 15.4 Å². The fourth-order valence-electron chi connectivity index (χ4n) is 2.52. The highest BCUT2D eigenvalue weighted by Crippen LogP contribution is 2.16. The molecule has 0 aromatic heterocycles. The van der Waals surface area contributed by atoms with Crippen LogP contribution in [0.3, 0.4) is 0 Å². The third-order valence-corrected chi connectivity index (χ3v) is 3.89. The Morgan fingerprint density at radius 1 is 1.43 bits per heavy atom. The fraction of sp³-hybridized carbons (Fsp3) is 0.562. The van der Waals surface area contributed by atoms with Gasteiger partial charge in [-0.25, -0.2) is 0 Å². The van der Waals surface area contributed by atoms with Gasteiger partial charge in [-0.2, -0.15) is 0 Å². The van der Waals surface area contributed by atoms with E-state index in [0.717, 1.165) is 26.0 Å². The summed E-state index contributed by atoms with van der Waals surface area (Å²) in [7, 11) is 0. The van der Waals surface area contributed by atoms with E-state index in [-0.39, 0.29) is 30.3 Å². The highest BCUT2D eigenvalue weighted by atomic mass is 35.5. The smallest absolute Gasteiger partial charge is 0.227 e. The van der Waals surface area contributed by atoms with Crippen molar-refractivity contribution in [1.29, 1.82) is 0 Å². The van der Waals surface area contributed by atoms with Crippen LogP contribution in [0.25, 0.3) is 0 Å². The van der Waals surface area contributed by atoms with E-state index in [1.165, 1.54) is 5.56 Å². The van der Waals surface area contributed by atoms with Crippen molar-refractivity contribution in [3.05, 3.63) is 35.9 Å². The average molecular weight is 313 g/mol. The first kappa shape index (κ1) is 18.0. The molecule has 0 spiro atoms. The Hall–Kier alpha value is -1.10. The van der Waals surface area contributed by atoms with Crippen LogP contribution in [-0.2, 0) is 16.0 Å². The molecule has 2 rings (SSSR count). The molecule has 2 unspecified atom stereocenters. The van der Waals surface area contributed by atoms with E-state index in [2.05, 4.69) is 12.1 Å². The number of hydrogen-bond donors (Lipinski definition) is 1. The van der Waals surface area contributed by atoms with Gasteiger partial charge in [0, 0.05) is 25.6 Å². The highest BCUT2D eigenvalue weighted by molar-refractivity contribution is 5.85. The zero-order valence-corrected chi connectivity index (χ0v) is 13.3. The van der Waals surface area contributed by atoms with Crippen molar-refractivity contribution in [2.24, 2.45) is 11.7 Å². The van der Waals surface area contributed by atoms with E-state index in [4.69, 9.17) is 10.5 Å². The molecule has 1 aliphatic heterocycles. The van der Waals surface area contributed by atoms with Gasteiger partial charge in [0.05, 0.1) is 12.6 Å². The number of carbonyl (C=O) groups is 1. The number of amides is 1. The van der Waals surface area contributed by atoms with Gasteiger partial charge in [-0.1, -0.05) is 37.3 Å². The van der Waals surface area contributed by atoms with Crippen molar-refractivity contribution in [1.82, 2.24) is 4.90 Å². The lowest BCUT2D eigenvalue weighted by molar-refractivity contribution is -0.137. The molecule has 0 saturated carbocycles. The average Bonchev–Trinajstić information content (AvgIpc) is 3.01. The fourth-order valence-corrected chi connectivity index (χ4v) is 2.52. The molecule has 1 fully saturated rings. The summed E-state index contributed by atoms with van der Waals surface area (Å²) in [6.45, 7) is 4.43. The molecule has 1 heterocycles. The van der Waals surface area contributed by atoms with Crippen LogP contribution in [0.1, 0.15) is 18.9 Å². The Bertz CT molecular complexity index is 422. The Labute approximate surface area is 133 Å². The molecule has 1 aromatic rings. The summed E-state index contributed by atoms with van der Waals surface area (Å²) in [5.41, 5.74) is 6.89. The molecular weight excluding hydrogens is 288 g/mol. The number of rotatable bonds is 6. The third kappa shape index (κ3) is 4.99. The normalized spacial score (nSPS) is 18.9. The standard InChI is InChI=1S/C16H24N2O2.ClH/c1-13(11-17)16(19)18(15-8-10-20-12-15)9-7-14-5-3-2-4-6-14;/h2-6,13,15H,7-12,17H2,1H3;1H. The SMILES string of the molecule is CC(CN)C(=O)N(CCc1ccccc1)C1CCOC1.Cl. The first-order valence-electron chi connectivity index (χ1n) is 7.34. The molecule has 2 atom stereocenters. The summed E-state index contributed by atoms with van der Waals surface area (Å²) in [5, 5.41) is 0. The molecule has 0 radical (unpaired) electrons. The second-order valence-corrected chi connectivity index (χ2v) is 5.42. The number of nitrogens with zero attached hydrogens (tertiary/aromatic N) is 1. The zero-order chi connectivity index (χ0) is 14.4. The van der Waals surface area contributed by atoms with E-state index in [9.17, 15) is 4.79 Å². The van der Waals surface area contributed by atoms with Crippen LogP contribution in [0, 0.1) is 5.92 Å². The second kappa shape index (κ2) is 9.03. The van der Waals surface area contributed by atoms with Gasteiger partial charge in [0.1, 0.15) is 0 Å². The van der Waals surface area contributed by atoms with Crippen molar-refractivity contribution in [2.45, 2.75) is 25.8 Å². The summed E-state index contributed by atoms with van der Waals surface area (Å²) < 4.78 is 5.43. The van der Waals surface area contributed by atoms with Crippen molar-refractivity contribution < 1.29 is 9.53 Å². The van der Waals surface area contributed by atoms with Gasteiger partial charge in [0.2, 0.25) is 5.91 Å². The summed E-state index contributed by atoms with van der Waals surface area (Å²) in [6, 6.07) is 10.5. The molecular formula is C16H25ClN2O2. The maximum absolute atomic E-state index is 12.5. The van der Waals surface area contributed by atoms with Crippen molar-refractivity contribution in [3.8, 4) is 0 Å². The molecule has 1 saturated heterocycles.